The van der Waals surface area contributed by atoms with Crippen LogP contribution < -0.4 is 0 Å². The zero-order valence-electron chi connectivity index (χ0n) is 16.5. The molecule has 0 spiro atoms. The minimum Gasteiger partial charge on any atom is -0.463 e. The zero-order chi connectivity index (χ0) is 19.3. The molecule has 0 amide bonds. The lowest BCUT2D eigenvalue weighted by Crippen LogP contribution is -2.05. The Balaban J connectivity index is 3.30. The number of ether oxygens (including phenoxy) is 2. The van der Waals surface area contributed by atoms with Crippen molar-refractivity contribution in [1.82, 2.24) is 0 Å². The summed E-state index contributed by atoms with van der Waals surface area (Å²) in [6, 6.07) is 0. The van der Waals surface area contributed by atoms with Gasteiger partial charge in [-0.15, -0.1) is 6.42 Å². The standard InChI is InChI=1S/C22H36O4/c1-3-5-6-7-8-9-10-11-12-13-14-15-16-20-26-22(24)18-17-21(23)25-19-4-2/h2,17-18H,3,5-16,19-20H2,1H3/b18-17+. The van der Waals surface area contributed by atoms with Crippen molar-refractivity contribution in [1.29, 1.82) is 0 Å². The van der Waals surface area contributed by atoms with Crippen molar-refractivity contribution in [2.45, 2.75) is 90.4 Å². The van der Waals surface area contributed by atoms with Crippen molar-refractivity contribution in [3.63, 3.8) is 0 Å². The van der Waals surface area contributed by atoms with Gasteiger partial charge in [-0.3, -0.25) is 0 Å². The van der Waals surface area contributed by atoms with E-state index < -0.39 is 11.9 Å². The van der Waals surface area contributed by atoms with Gasteiger partial charge in [0.25, 0.3) is 0 Å². The fourth-order valence-corrected chi connectivity index (χ4v) is 2.64. The van der Waals surface area contributed by atoms with Crippen molar-refractivity contribution < 1.29 is 19.1 Å². The summed E-state index contributed by atoms with van der Waals surface area (Å²) in [5.41, 5.74) is 0. The summed E-state index contributed by atoms with van der Waals surface area (Å²) in [4.78, 5) is 22.5. The monoisotopic (exact) mass is 364 g/mol. The molecule has 4 heteroatoms. The van der Waals surface area contributed by atoms with E-state index in [1.54, 1.807) is 0 Å². The van der Waals surface area contributed by atoms with Gasteiger partial charge in [-0.05, 0) is 6.42 Å². The number of carbonyl (C=O) groups excluding carboxylic acids is 2. The maximum absolute atomic E-state index is 11.4. The lowest BCUT2D eigenvalue weighted by atomic mass is 10.0. The average molecular weight is 365 g/mol. The molecule has 0 heterocycles. The van der Waals surface area contributed by atoms with Gasteiger partial charge in [0, 0.05) is 12.2 Å². The van der Waals surface area contributed by atoms with E-state index in [2.05, 4.69) is 17.6 Å². The molecule has 0 rings (SSSR count). The summed E-state index contributed by atoms with van der Waals surface area (Å²) < 4.78 is 9.62. The van der Waals surface area contributed by atoms with E-state index in [0.29, 0.717) is 6.61 Å². The molecule has 26 heavy (non-hydrogen) atoms. The van der Waals surface area contributed by atoms with E-state index in [0.717, 1.165) is 25.0 Å². The Morgan fingerprint density at radius 2 is 1.15 bits per heavy atom. The first-order chi connectivity index (χ1) is 12.7. The third-order valence-corrected chi connectivity index (χ3v) is 4.15. The second kappa shape index (κ2) is 19.6. The number of hydrogen-bond acceptors (Lipinski definition) is 4. The lowest BCUT2D eigenvalue weighted by molar-refractivity contribution is -0.140. The van der Waals surface area contributed by atoms with E-state index in [9.17, 15) is 9.59 Å². The largest absolute Gasteiger partial charge is 0.463 e. The highest BCUT2D eigenvalue weighted by Gasteiger charge is 2.00. The third-order valence-electron chi connectivity index (χ3n) is 4.15. The van der Waals surface area contributed by atoms with E-state index in [4.69, 9.17) is 11.2 Å². The van der Waals surface area contributed by atoms with Crippen LogP contribution in [0.2, 0.25) is 0 Å². The first-order valence-corrected chi connectivity index (χ1v) is 10.2. The molecule has 148 valence electrons. The molecule has 0 aromatic rings. The number of terminal acetylenes is 1. The van der Waals surface area contributed by atoms with Gasteiger partial charge in [0.2, 0.25) is 0 Å². The smallest absolute Gasteiger partial charge is 0.331 e. The molecule has 0 bridgehead atoms. The highest BCUT2D eigenvalue weighted by atomic mass is 16.5. The molecule has 0 saturated carbocycles. The number of hydrogen-bond donors (Lipinski definition) is 0. The van der Waals surface area contributed by atoms with Crippen molar-refractivity contribution in [3.05, 3.63) is 12.2 Å². The maximum Gasteiger partial charge on any atom is 0.331 e. The number of carbonyl (C=O) groups is 2. The molecule has 0 N–H and O–H groups in total. The average Bonchev–Trinajstić information content (AvgIpc) is 2.64. The van der Waals surface area contributed by atoms with E-state index in [-0.39, 0.29) is 6.61 Å². The lowest BCUT2D eigenvalue weighted by Gasteiger charge is -2.03. The summed E-state index contributed by atoms with van der Waals surface area (Å²) in [5, 5.41) is 0. The van der Waals surface area contributed by atoms with Crippen LogP contribution in [-0.4, -0.2) is 25.2 Å². The summed E-state index contributed by atoms with van der Waals surface area (Å²) in [5.74, 6) is 1.01. The van der Waals surface area contributed by atoms with Gasteiger partial charge < -0.3 is 9.47 Å². The molecule has 0 saturated heterocycles. The van der Waals surface area contributed by atoms with Crippen LogP contribution in [0.1, 0.15) is 90.4 Å². The van der Waals surface area contributed by atoms with Crippen molar-refractivity contribution in [3.8, 4) is 12.3 Å². The first-order valence-electron chi connectivity index (χ1n) is 10.2. The SMILES string of the molecule is C#CCOC(=O)/C=C/C(=O)OCCCCCCCCCCCCCCC. The van der Waals surface area contributed by atoms with Crippen LogP contribution in [-0.2, 0) is 19.1 Å². The Kier molecular flexibility index (Phi) is 18.2. The van der Waals surface area contributed by atoms with Crippen molar-refractivity contribution >= 4 is 11.9 Å². The maximum atomic E-state index is 11.4. The molecular weight excluding hydrogens is 328 g/mol. The quantitative estimate of drug-likeness (QED) is 0.151. The van der Waals surface area contributed by atoms with Gasteiger partial charge in [-0.1, -0.05) is 89.9 Å². The van der Waals surface area contributed by atoms with E-state index in [1.165, 1.54) is 70.6 Å². The second-order valence-electron chi connectivity index (χ2n) is 6.56. The Hall–Kier alpha value is -1.76. The predicted octanol–water partition coefficient (Wildman–Crippen LogP) is 5.35. The number of unbranched alkanes of at least 4 members (excludes halogenated alkanes) is 12. The van der Waals surface area contributed by atoms with Crippen LogP contribution in [0.15, 0.2) is 12.2 Å². The molecule has 0 aromatic carbocycles. The molecule has 0 aliphatic carbocycles. The van der Waals surface area contributed by atoms with Crippen LogP contribution in [0.4, 0.5) is 0 Å². The Morgan fingerprint density at radius 3 is 1.62 bits per heavy atom. The summed E-state index contributed by atoms with van der Waals surface area (Å²) in [6.45, 7) is 2.54. The van der Waals surface area contributed by atoms with Crippen LogP contribution in [0.3, 0.4) is 0 Å². The normalized spacial score (nSPS) is 10.6. The Bertz CT molecular complexity index is 420. The van der Waals surface area contributed by atoms with Crippen LogP contribution in [0.5, 0.6) is 0 Å². The minimum atomic E-state index is -0.638. The minimum absolute atomic E-state index is 0.100. The van der Waals surface area contributed by atoms with Gasteiger partial charge in [0.1, 0.15) is 0 Å². The topological polar surface area (TPSA) is 52.6 Å². The van der Waals surface area contributed by atoms with Crippen molar-refractivity contribution in [2.24, 2.45) is 0 Å². The number of rotatable bonds is 17. The molecule has 4 nitrogen and oxygen atoms in total. The van der Waals surface area contributed by atoms with Crippen LogP contribution >= 0.6 is 0 Å². The second-order valence-corrected chi connectivity index (χ2v) is 6.56. The van der Waals surface area contributed by atoms with Gasteiger partial charge in [0.05, 0.1) is 6.61 Å². The molecule has 0 radical (unpaired) electrons. The fraction of sp³-hybridized carbons (Fsp3) is 0.727. The van der Waals surface area contributed by atoms with E-state index in [1.807, 2.05) is 0 Å². The summed E-state index contributed by atoms with van der Waals surface area (Å²) in [7, 11) is 0. The fourth-order valence-electron chi connectivity index (χ4n) is 2.64. The van der Waals surface area contributed by atoms with Gasteiger partial charge in [0.15, 0.2) is 6.61 Å². The van der Waals surface area contributed by atoms with Crippen molar-refractivity contribution in [2.75, 3.05) is 13.2 Å². The van der Waals surface area contributed by atoms with Crippen LogP contribution in [0, 0.1) is 12.3 Å². The summed E-state index contributed by atoms with van der Waals surface area (Å²) in [6.07, 6.45) is 23.7. The van der Waals surface area contributed by atoms with E-state index >= 15 is 0 Å². The Morgan fingerprint density at radius 1 is 0.731 bits per heavy atom. The molecule has 0 unspecified atom stereocenters. The summed E-state index contributed by atoms with van der Waals surface area (Å²) >= 11 is 0. The Labute approximate surface area is 159 Å². The van der Waals surface area contributed by atoms with Gasteiger partial charge in [-0.25, -0.2) is 9.59 Å². The van der Waals surface area contributed by atoms with Gasteiger partial charge >= 0.3 is 11.9 Å². The number of esters is 2. The molecule has 0 aliphatic rings. The molecule has 0 fully saturated rings. The van der Waals surface area contributed by atoms with Crippen LogP contribution in [0.25, 0.3) is 0 Å². The molecular formula is C22H36O4. The molecule has 0 atom stereocenters. The zero-order valence-corrected chi connectivity index (χ0v) is 16.5. The third kappa shape index (κ3) is 18.6. The highest BCUT2D eigenvalue weighted by Crippen LogP contribution is 2.12. The van der Waals surface area contributed by atoms with Gasteiger partial charge in [-0.2, -0.15) is 0 Å². The predicted molar refractivity (Wildman–Crippen MR) is 106 cm³/mol. The molecule has 0 aliphatic heterocycles. The highest BCUT2D eigenvalue weighted by molar-refractivity contribution is 5.91. The molecule has 0 aromatic heterocycles. The first kappa shape index (κ1) is 24.2.